The van der Waals surface area contributed by atoms with Gasteiger partial charge in [0, 0.05) is 11.9 Å². The van der Waals surface area contributed by atoms with E-state index in [1.807, 2.05) is 60.7 Å². The fourth-order valence-electron chi connectivity index (χ4n) is 2.19. The van der Waals surface area contributed by atoms with Gasteiger partial charge in [0.25, 0.3) is 0 Å². The number of nitrogens with one attached hydrogen (secondary N) is 2. The number of aromatic nitrogens is 2. The molecule has 0 saturated heterocycles. The number of benzene rings is 2. The quantitative estimate of drug-likeness (QED) is 0.611. The van der Waals surface area contributed by atoms with Crippen LogP contribution in [0.15, 0.2) is 66.9 Å². The molecule has 0 aliphatic carbocycles. The number of hydrogen-bond donors (Lipinski definition) is 2. The Kier molecular flexibility index (Phi) is 5.66. The smallest absolute Gasteiger partial charge is 0.224 e. The van der Waals surface area contributed by atoms with E-state index in [0.29, 0.717) is 19.1 Å². The van der Waals surface area contributed by atoms with Crippen LogP contribution in [-0.4, -0.2) is 30.2 Å². The summed E-state index contributed by atoms with van der Waals surface area (Å²) in [5.74, 6) is 2.89. The maximum absolute atomic E-state index is 5.66. The van der Waals surface area contributed by atoms with E-state index in [0.717, 1.165) is 23.0 Å². The monoisotopic (exact) mass is 336 g/mol. The average molecular weight is 336 g/mol. The Morgan fingerprint density at radius 1 is 0.920 bits per heavy atom. The Bertz CT molecular complexity index is 779. The average Bonchev–Trinajstić information content (AvgIpc) is 2.67. The molecule has 0 aliphatic rings. The van der Waals surface area contributed by atoms with Crippen molar-refractivity contribution < 1.29 is 9.47 Å². The van der Waals surface area contributed by atoms with E-state index in [1.54, 1.807) is 13.3 Å². The van der Waals surface area contributed by atoms with Crippen molar-refractivity contribution in [3.8, 4) is 11.5 Å². The minimum Gasteiger partial charge on any atom is -0.497 e. The molecule has 1 heterocycles. The molecule has 0 fully saturated rings. The number of ether oxygens (including phenoxy) is 2. The first-order chi connectivity index (χ1) is 12.3. The molecule has 0 radical (unpaired) electrons. The summed E-state index contributed by atoms with van der Waals surface area (Å²) < 4.78 is 10.8. The van der Waals surface area contributed by atoms with Crippen LogP contribution >= 0.6 is 0 Å². The van der Waals surface area contributed by atoms with Crippen LogP contribution in [0.2, 0.25) is 0 Å². The largest absolute Gasteiger partial charge is 0.497 e. The first-order valence-corrected chi connectivity index (χ1v) is 7.99. The van der Waals surface area contributed by atoms with E-state index < -0.39 is 0 Å². The minimum atomic E-state index is 0.506. The predicted molar refractivity (Wildman–Crippen MR) is 98.7 cm³/mol. The van der Waals surface area contributed by atoms with Gasteiger partial charge in [-0.2, -0.15) is 4.98 Å². The molecule has 1 aromatic heterocycles. The van der Waals surface area contributed by atoms with E-state index in [4.69, 9.17) is 9.47 Å². The van der Waals surface area contributed by atoms with E-state index in [2.05, 4.69) is 20.6 Å². The van der Waals surface area contributed by atoms with Crippen LogP contribution in [0.5, 0.6) is 11.5 Å². The second-order valence-electron chi connectivity index (χ2n) is 5.21. The molecule has 128 valence electrons. The van der Waals surface area contributed by atoms with Crippen LogP contribution in [0.25, 0.3) is 0 Å². The number of methoxy groups -OCH3 is 1. The van der Waals surface area contributed by atoms with Gasteiger partial charge in [-0.3, -0.25) is 0 Å². The third kappa shape index (κ3) is 5.10. The molecule has 6 heteroatoms. The Morgan fingerprint density at radius 3 is 2.44 bits per heavy atom. The summed E-state index contributed by atoms with van der Waals surface area (Å²) in [4.78, 5) is 8.64. The van der Waals surface area contributed by atoms with Crippen LogP contribution in [0, 0.1) is 0 Å². The third-order valence-electron chi connectivity index (χ3n) is 3.42. The second kappa shape index (κ2) is 8.54. The van der Waals surface area contributed by atoms with Crippen molar-refractivity contribution in [1.29, 1.82) is 0 Å². The van der Waals surface area contributed by atoms with Crippen LogP contribution in [0.4, 0.5) is 17.5 Å². The van der Waals surface area contributed by atoms with Crippen molar-refractivity contribution in [3.05, 3.63) is 66.9 Å². The van der Waals surface area contributed by atoms with Gasteiger partial charge in [-0.1, -0.05) is 18.2 Å². The van der Waals surface area contributed by atoms with Crippen molar-refractivity contribution in [2.24, 2.45) is 0 Å². The molecule has 0 spiro atoms. The number of anilines is 3. The molecular formula is C19H20N4O2. The molecule has 0 unspecified atom stereocenters. The van der Waals surface area contributed by atoms with Gasteiger partial charge in [0.1, 0.15) is 23.9 Å². The lowest BCUT2D eigenvalue weighted by atomic mass is 10.3. The molecule has 0 saturated carbocycles. The third-order valence-corrected chi connectivity index (χ3v) is 3.42. The molecule has 0 bridgehead atoms. The summed E-state index contributed by atoms with van der Waals surface area (Å²) in [6.07, 6.45) is 1.71. The predicted octanol–water partition coefficient (Wildman–Crippen LogP) is 3.72. The van der Waals surface area contributed by atoms with Gasteiger partial charge in [-0.25, -0.2) is 4.98 Å². The van der Waals surface area contributed by atoms with Gasteiger partial charge in [-0.15, -0.1) is 0 Å². The maximum atomic E-state index is 5.66. The molecule has 3 rings (SSSR count). The molecule has 0 aliphatic heterocycles. The van der Waals surface area contributed by atoms with Gasteiger partial charge in [-0.05, 0) is 42.5 Å². The number of para-hydroxylation sites is 1. The highest BCUT2D eigenvalue weighted by atomic mass is 16.5. The van der Waals surface area contributed by atoms with Crippen molar-refractivity contribution in [1.82, 2.24) is 9.97 Å². The van der Waals surface area contributed by atoms with Crippen LogP contribution in [-0.2, 0) is 0 Å². The Labute approximate surface area is 146 Å². The zero-order valence-electron chi connectivity index (χ0n) is 14.0. The van der Waals surface area contributed by atoms with Crippen molar-refractivity contribution in [2.75, 3.05) is 30.9 Å². The first kappa shape index (κ1) is 16.6. The molecule has 2 N–H and O–H groups in total. The zero-order valence-corrected chi connectivity index (χ0v) is 14.0. The topological polar surface area (TPSA) is 68.3 Å². The number of nitrogens with zero attached hydrogens (tertiary/aromatic N) is 2. The molecule has 25 heavy (non-hydrogen) atoms. The van der Waals surface area contributed by atoms with Gasteiger partial charge in [0.05, 0.1) is 13.7 Å². The minimum absolute atomic E-state index is 0.506. The standard InChI is InChI=1S/C19H20N4O2/c1-24-16-7-9-17(10-8-16)25-14-13-21-19-20-12-11-18(23-19)22-15-5-3-2-4-6-15/h2-12H,13-14H2,1H3,(H2,20,21,22,23). The van der Waals surface area contributed by atoms with Gasteiger partial charge < -0.3 is 20.1 Å². The molecule has 0 amide bonds. The van der Waals surface area contributed by atoms with Gasteiger partial charge in [0.15, 0.2) is 0 Å². The lowest BCUT2D eigenvalue weighted by Crippen LogP contribution is -2.13. The summed E-state index contributed by atoms with van der Waals surface area (Å²) >= 11 is 0. The van der Waals surface area contributed by atoms with Crippen LogP contribution in [0.3, 0.4) is 0 Å². The second-order valence-corrected chi connectivity index (χ2v) is 5.21. The lowest BCUT2D eigenvalue weighted by Gasteiger charge is -2.09. The fourth-order valence-corrected chi connectivity index (χ4v) is 2.19. The molecule has 6 nitrogen and oxygen atoms in total. The maximum Gasteiger partial charge on any atom is 0.224 e. The van der Waals surface area contributed by atoms with Crippen LogP contribution in [0.1, 0.15) is 0 Å². The van der Waals surface area contributed by atoms with E-state index in [-0.39, 0.29) is 0 Å². The molecule has 0 atom stereocenters. The van der Waals surface area contributed by atoms with Gasteiger partial charge in [0.2, 0.25) is 5.95 Å². The summed E-state index contributed by atoms with van der Waals surface area (Å²) in [5, 5.41) is 6.39. The summed E-state index contributed by atoms with van der Waals surface area (Å²) in [6, 6.07) is 19.2. The summed E-state index contributed by atoms with van der Waals surface area (Å²) in [5.41, 5.74) is 0.981. The van der Waals surface area contributed by atoms with Gasteiger partial charge >= 0.3 is 0 Å². The first-order valence-electron chi connectivity index (χ1n) is 7.99. The Hall–Kier alpha value is -3.28. The SMILES string of the molecule is COc1ccc(OCCNc2nccc(Nc3ccccc3)n2)cc1. The van der Waals surface area contributed by atoms with Crippen molar-refractivity contribution in [3.63, 3.8) is 0 Å². The van der Waals surface area contributed by atoms with Crippen molar-refractivity contribution >= 4 is 17.5 Å². The molecule has 3 aromatic rings. The van der Waals surface area contributed by atoms with E-state index >= 15 is 0 Å². The number of rotatable bonds is 8. The summed E-state index contributed by atoms with van der Waals surface area (Å²) in [6.45, 7) is 1.10. The normalized spacial score (nSPS) is 10.1. The number of hydrogen-bond acceptors (Lipinski definition) is 6. The molecule has 2 aromatic carbocycles. The van der Waals surface area contributed by atoms with Crippen LogP contribution < -0.4 is 20.1 Å². The highest BCUT2D eigenvalue weighted by Gasteiger charge is 2.00. The Morgan fingerprint density at radius 2 is 1.68 bits per heavy atom. The summed E-state index contributed by atoms with van der Waals surface area (Å²) in [7, 11) is 1.64. The lowest BCUT2D eigenvalue weighted by molar-refractivity contribution is 0.331. The van der Waals surface area contributed by atoms with E-state index in [1.165, 1.54) is 0 Å². The highest BCUT2D eigenvalue weighted by Crippen LogP contribution is 2.17. The van der Waals surface area contributed by atoms with E-state index in [9.17, 15) is 0 Å². The van der Waals surface area contributed by atoms with Crippen molar-refractivity contribution in [2.45, 2.75) is 0 Å². The fraction of sp³-hybridized carbons (Fsp3) is 0.158. The Balaban J connectivity index is 1.47. The highest BCUT2D eigenvalue weighted by molar-refractivity contribution is 5.56. The molecular weight excluding hydrogens is 316 g/mol. The zero-order chi connectivity index (χ0) is 17.3.